The number of hydrogen-bond donors (Lipinski definition) is 1. The number of carbonyl (C=O) groups excluding carboxylic acids is 1. The van der Waals surface area contributed by atoms with Gasteiger partial charge in [0, 0.05) is 23.2 Å². The smallest absolute Gasteiger partial charge is 0.231 e. The highest BCUT2D eigenvalue weighted by molar-refractivity contribution is 9.10. The van der Waals surface area contributed by atoms with Crippen LogP contribution in [0, 0.1) is 12.8 Å². The predicted molar refractivity (Wildman–Crippen MR) is 103 cm³/mol. The van der Waals surface area contributed by atoms with Gasteiger partial charge in [0.25, 0.3) is 0 Å². The molecule has 1 amide bonds. The van der Waals surface area contributed by atoms with Gasteiger partial charge in [0.1, 0.15) is 0 Å². The zero-order chi connectivity index (χ0) is 16.7. The second-order valence-electron chi connectivity index (χ2n) is 6.02. The SMILES string of the molecule is Cc1cc(NC(=O)C2CN(c3nc4ccccc4s3)C2)ccc1Br. The number of thiazole rings is 1. The lowest BCUT2D eigenvalue weighted by Crippen LogP contribution is -2.52. The fourth-order valence-electron chi connectivity index (χ4n) is 2.76. The molecule has 1 aromatic heterocycles. The van der Waals surface area contributed by atoms with Gasteiger partial charge in [-0.2, -0.15) is 0 Å². The van der Waals surface area contributed by atoms with Crippen molar-refractivity contribution in [2.75, 3.05) is 23.3 Å². The van der Waals surface area contributed by atoms with Crippen LogP contribution in [0.1, 0.15) is 5.56 Å². The Bertz CT molecular complexity index is 885. The molecule has 4 nitrogen and oxygen atoms in total. The van der Waals surface area contributed by atoms with Gasteiger partial charge in [-0.05, 0) is 42.8 Å². The van der Waals surface area contributed by atoms with Crippen LogP contribution >= 0.6 is 27.3 Å². The van der Waals surface area contributed by atoms with Gasteiger partial charge < -0.3 is 10.2 Å². The van der Waals surface area contributed by atoms with Crippen LogP contribution in [-0.2, 0) is 4.79 Å². The van der Waals surface area contributed by atoms with Gasteiger partial charge in [-0.15, -0.1) is 0 Å². The summed E-state index contributed by atoms with van der Waals surface area (Å²) in [4.78, 5) is 19.2. The van der Waals surface area contributed by atoms with E-state index >= 15 is 0 Å². The van der Waals surface area contributed by atoms with Crippen molar-refractivity contribution in [2.24, 2.45) is 5.92 Å². The van der Waals surface area contributed by atoms with E-state index in [2.05, 4.69) is 37.2 Å². The van der Waals surface area contributed by atoms with Gasteiger partial charge in [-0.3, -0.25) is 4.79 Å². The number of amides is 1. The Labute approximate surface area is 152 Å². The Morgan fingerprint density at radius 1 is 1.29 bits per heavy atom. The van der Waals surface area contributed by atoms with Crippen LogP contribution in [-0.4, -0.2) is 24.0 Å². The van der Waals surface area contributed by atoms with Gasteiger partial charge in [0.2, 0.25) is 5.91 Å². The summed E-state index contributed by atoms with van der Waals surface area (Å²) in [6.45, 7) is 3.46. The molecular formula is C18H16BrN3OS. The molecular weight excluding hydrogens is 386 g/mol. The maximum atomic E-state index is 12.4. The van der Waals surface area contributed by atoms with Crippen molar-refractivity contribution in [2.45, 2.75) is 6.92 Å². The highest BCUT2D eigenvalue weighted by Crippen LogP contribution is 2.33. The maximum Gasteiger partial charge on any atom is 0.231 e. The summed E-state index contributed by atoms with van der Waals surface area (Å²) in [7, 11) is 0. The zero-order valence-corrected chi connectivity index (χ0v) is 15.5. The second-order valence-corrected chi connectivity index (χ2v) is 7.88. The molecule has 1 saturated heterocycles. The molecule has 4 rings (SSSR count). The molecule has 0 aliphatic carbocycles. The molecule has 2 heterocycles. The Hall–Kier alpha value is -1.92. The fraction of sp³-hybridized carbons (Fsp3) is 0.222. The standard InChI is InChI=1S/C18H16BrN3OS/c1-11-8-13(6-7-14(11)19)20-17(23)12-9-22(10-12)18-21-15-4-2-3-5-16(15)24-18/h2-8,12H,9-10H2,1H3,(H,20,23). The van der Waals surface area contributed by atoms with Crippen LogP contribution < -0.4 is 10.2 Å². The van der Waals surface area contributed by atoms with Crippen molar-refractivity contribution >= 4 is 54.2 Å². The molecule has 0 unspecified atom stereocenters. The van der Waals surface area contributed by atoms with Gasteiger partial charge in [-0.1, -0.05) is 39.4 Å². The number of halogens is 1. The van der Waals surface area contributed by atoms with Crippen molar-refractivity contribution in [3.05, 3.63) is 52.5 Å². The Morgan fingerprint density at radius 2 is 2.08 bits per heavy atom. The van der Waals surface area contributed by atoms with Crippen molar-refractivity contribution in [1.29, 1.82) is 0 Å². The van der Waals surface area contributed by atoms with E-state index < -0.39 is 0 Å². The van der Waals surface area contributed by atoms with Gasteiger partial charge in [-0.25, -0.2) is 4.98 Å². The first-order valence-corrected chi connectivity index (χ1v) is 9.38. The van der Waals surface area contributed by atoms with Crippen LogP contribution in [0.2, 0.25) is 0 Å². The Balaban J connectivity index is 1.39. The second kappa shape index (κ2) is 6.18. The summed E-state index contributed by atoms with van der Waals surface area (Å²) in [6, 6.07) is 14.0. The van der Waals surface area contributed by atoms with E-state index in [4.69, 9.17) is 0 Å². The number of hydrogen-bond acceptors (Lipinski definition) is 4. The number of rotatable bonds is 3. The average molecular weight is 402 g/mol. The van der Waals surface area contributed by atoms with Crippen LogP contribution in [0.5, 0.6) is 0 Å². The van der Waals surface area contributed by atoms with Crippen molar-refractivity contribution < 1.29 is 4.79 Å². The molecule has 2 aromatic carbocycles. The van der Waals surface area contributed by atoms with Crippen LogP contribution in [0.25, 0.3) is 10.2 Å². The first-order valence-electron chi connectivity index (χ1n) is 7.78. The topological polar surface area (TPSA) is 45.2 Å². The molecule has 0 spiro atoms. The van der Waals surface area contributed by atoms with Crippen molar-refractivity contribution in [3.8, 4) is 0 Å². The van der Waals surface area contributed by atoms with E-state index in [1.165, 1.54) is 4.70 Å². The van der Waals surface area contributed by atoms with E-state index in [0.717, 1.165) is 39.5 Å². The minimum atomic E-state index is 0.0148. The number of benzene rings is 2. The third-order valence-corrected chi connectivity index (χ3v) is 6.22. The summed E-state index contributed by atoms with van der Waals surface area (Å²) in [6.07, 6.45) is 0. The van der Waals surface area contributed by atoms with E-state index in [-0.39, 0.29) is 11.8 Å². The lowest BCUT2D eigenvalue weighted by atomic mass is 10.00. The fourth-order valence-corrected chi connectivity index (χ4v) is 3.99. The first-order chi connectivity index (χ1) is 11.6. The van der Waals surface area contributed by atoms with Crippen molar-refractivity contribution in [3.63, 3.8) is 0 Å². The van der Waals surface area contributed by atoms with E-state index in [9.17, 15) is 4.79 Å². The maximum absolute atomic E-state index is 12.4. The molecule has 0 atom stereocenters. The van der Waals surface area contributed by atoms with Crippen LogP contribution in [0.3, 0.4) is 0 Å². The third kappa shape index (κ3) is 2.91. The number of aromatic nitrogens is 1. The molecule has 24 heavy (non-hydrogen) atoms. The monoisotopic (exact) mass is 401 g/mol. The highest BCUT2D eigenvalue weighted by Gasteiger charge is 2.34. The van der Waals surface area contributed by atoms with Crippen LogP contribution in [0.4, 0.5) is 10.8 Å². The largest absolute Gasteiger partial charge is 0.346 e. The molecule has 3 aromatic rings. The molecule has 1 aliphatic rings. The number of fused-ring (bicyclic) bond motifs is 1. The summed E-state index contributed by atoms with van der Waals surface area (Å²) in [5.74, 6) is 0.0926. The highest BCUT2D eigenvalue weighted by atomic mass is 79.9. The van der Waals surface area contributed by atoms with Crippen molar-refractivity contribution in [1.82, 2.24) is 4.98 Å². The number of carbonyl (C=O) groups is 1. The first kappa shape index (κ1) is 15.6. The Kier molecular flexibility index (Phi) is 4.02. The Morgan fingerprint density at radius 3 is 2.83 bits per heavy atom. The lowest BCUT2D eigenvalue weighted by molar-refractivity contribution is -0.120. The lowest BCUT2D eigenvalue weighted by Gasteiger charge is -2.37. The van der Waals surface area contributed by atoms with Gasteiger partial charge in [0.05, 0.1) is 16.1 Å². The molecule has 1 aliphatic heterocycles. The number of para-hydroxylation sites is 1. The van der Waals surface area contributed by atoms with E-state index in [1.807, 2.05) is 43.3 Å². The number of anilines is 2. The number of nitrogens with one attached hydrogen (secondary N) is 1. The quantitative estimate of drug-likeness (QED) is 0.705. The zero-order valence-electron chi connectivity index (χ0n) is 13.1. The molecule has 1 N–H and O–H groups in total. The number of aryl methyl sites for hydroxylation is 1. The third-order valence-electron chi connectivity index (χ3n) is 4.23. The number of nitrogens with zero attached hydrogens (tertiary/aromatic N) is 2. The predicted octanol–water partition coefficient (Wildman–Crippen LogP) is 4.44. The summed E-state index contributed by atoms with van der Waals surface area (Å²) >= 11 is 5.15. The van der Waals surface area contributed by atoms with Gasteiger partial charge in [0.15, 0.2) is 5.13 Å². The van der Waals surface area contributed by atoms with E-state index in [0.29, 0.717) is 0 Å². The summed E-state index contributed by atoms with van der Waals surface area (Å²) in [5.41, 5.74) is 2.98. The molecule has 6 heteroatoms. The average Bonchev–Trinajstić information content (AvgIpc) is 2.93. The summed E-state index contributed by atoms with van der Waals surface area (Å²) < 4.78 is 2.23. The molecule has 122 valence electrons. The molecule has 0 bridgehead atoms. The molecule has 1 fully saturated rings. The summed E-state index contributed by atoms with van der Waals surface area (Å²) in [5, 5.41) is 4.01. The van der Waals surface area contributed by atoms with Gasteiger partial charge >= 0.3 is 0 Å². The minimum Gasteiger partial charge on any atom is -0.346 e. The molecule has 0 saturated carbocycles. The minimum absolute atomic E-state index is 0.0148. The van der Waals surface area contributed by atoms with Crippen LogP contribution in [0.15, 0.2) is 46.9 Å². The molecule has 0 radical (unpaired) electrons. The van der Waals surface area contributed by atoms with E-state index in [1.54, 1.807) is 11.3 Å². The normalized spacial score (nSPS) is 14.7.